The number of hydrogen-bond acceptors (Lipinski definition) is 8. The van der Waals surface area contributed by atoms with Crippen molar-refractivity contribution in [1.29, 1.82) is 0 Å². The molecule has 1 amide bonds. The smallest absolute Gasteiger partial charge is 0.358 e. The molecular weight excluding hydrogens is 372 g/mol. The molecule has 0 aliphatic carbocycles. The van der Waals surface area contributed by atoms with Crippen molar-refractivity contribution in [2.45, 2.75) is 20.3 Å². The van der Waals surface area contributed by atoms with Crippen LogP contribution < -0.4 is 10.6 Å². The lowest BCUT2D eigenvalue weighted by atomic mass is 10.1. The van der Waals surface area contributed by atoms with E-state index in [0.717, 1.165) is 13.0 Å². The Kier molecular flexibility index (Phi) is 7.24. The largest absolute Gasteiger partial charge is 0.451 e. The minimum absolute atomic E-state index is 0.0826. The van der Waals surface area contributed by atoms with Gasteiger partial charge < -0.3 is 15.4 Å². The number of rotatable bonds is 9. The first-order chi connectivity index (χ1) is 12.8. The Morgan fingerprint density at radius 1 is 1.30 bits per heavy atom. The van der Waals surface area contributed by atoms with Gasteiger partial charge in [-0.1, -0.05) is 13.8 Å². The maximum atomic E-state index is 12.0. The van der Waals surface area contributed by atoms with Gasteiger partial charge in [-0.25, -0.2) is 9.78 Å². The summed E-state index contributed by atoms with van der Waals surface area (Å²) in [5, 5.41) is 18.4. The quantitative estimate of drug-likeness (QED) is 0.381. The Bertz CT molecular complexity index is 804. The normalized spacial score (nSPS) is 10.5. The first kappa shape index (κ1) is 20.3. The Morgan fingerprint density at radius 3 is 2.63 bits per heavy atom. The van der Waals surface area contributed by atoms with Crippen LogP contribution in [-0.4, -0.2) is 34.9 Å². The SMILES string of the molecule is CC(C)CCNc1nc(C(=O)OCC(=O)Nc2ccc([N+](=O)[O-])cc2)cs1. The molecule has 10 heteroatoms. The van der Waals surface area contributed by atoms with E-state index in [-0.39, 0.29) is 11.4 Å². The van der Waals surface area contributed by atoms with E-state index in [1.54, 1.807) is 5.38 Å². The van der Waals surface area contributed by atoms with Gasteiger partial charge in [0.2, 0.25) is 0 Å². The Morgan fingerprint density at radius 2 is 2.00 bits per heavy atom. The van der Waals surface area contributed by atoms with E-state index in [1.807, 2.05) is 0 Å². The molecule has 0 spiro atoms. The fourth-order valence-corrected chi connectivity index (χ4v) is 2.69. The van der Waals surface area contributed by atoms with Gasteiger partial charge in [-0.05, 0) is 24.5 Å². The zero-order chi connectivity index (χ0) is 19.8. The minimum atomic E-state index is -0.693. The van der Waals surface area contributed by atoms with E-state index in [0.29, 0.717) is 16.7 Å². The molecule has 0 atom stereocenters. The summed E-state index contributed by atoms with van der Waals surface area (Å²) in [5.41, 5.74) is 0.419. The minimum Gasteiger partial charge on any atom is -0.451 e. The number of carbonyl (C=O) groups excluding carboxylic acids is 2. The van der Waals surface area contributed by atoms with Crippen LogP contribution in [0.1, 0.15) is 30.8 Å². The number of nitrogens with one attached hydrogen (secondary N) is 2. The summed E-state index contributed by atoms with van der Waals surface area (Å²) in [6.45, 7) is 4.52. The maximum absolute atomic E-state index is 12.0. The number of ether oxygens (including phenoxy) is 1. The van der Waals surface area contributed by atoms with Crippen LogP contribution in [0.2, 0.25) is 0 Å². The van der Waals surface area contributed by atoms with E-state index < -0.39 is 23.4 Å². The van der Waals surface area contributed by atoms with Gasteiger partial charge in [-0.2, -0.15) is 0 Å². The number of anilines is 2. The molecule has 144 valence electrons. The number of nitrogens with zero attached hydrogens (tertiary/aromatic N) is 2. The topological polar surface area (TPSA) is 123 Å². The highest BCUT2D eigenvalue weighted by Gasteiger charge is 2.14. The third kappa shape index (κ3) is 6.66. The van der Waals surface area contributed by atoms with Gasteiger partial charge in [0.15, 0.2) is 17.4 Å². The Balaban J connectivity index is 1.78. The first-order valence-electron chi connectivity index (χ1n) is 8.26. The molecule has 1 heterocycles. The molecule has 1 aromatic heterocycles. The third-order valence-electron chi connectivity index (χ3n) is 3.41. The molecule has 0 aliphatic rings. The van der Waals surface area contributed by atoms with Crippen molar-refractivity contribution in [3.8, 4) is 0 Å². The molecular formula is C17H20N4O5S. The highest BCUT2D eigenvalue weighted by atomic mass is 32.1. The van der Waals surface area contributed by atoms with Crippen LogP contribution >= 0.6 is 11.3 Å². The number of nitro benzene ring substituents is 1. The zero-order valence-electron chi connectivity index (χ0n) is 14.9. The highest BCUT2D eigenvalue weighted by Crippen LogP contribution is 2.17. The van der Waals surface area contributed by atoms with Crippen LogP contribution in [0.3, 0.4) is 0 Å². The molecule has 0 unspecified atom stereocenters. The zero-order valence-corrected chi connectivity index (χ0v) is 15.7. The second-order valence-electron chi connectivity index (χ2n) is 6.08. The number of hydrogen-bond donors (Lipinski definition) is 2. The number of nitro groups is 1. The molecule has 2 aromatic rings. The molecule has 27 heavy (non-hydrogen) atoms. The van der Waals surface area contributed by atoms with Gasteiger partial charge in [-0.15, -0.1) is 11.3 Å². The summed E-state index contributed by atoms with van der Waals surface area (Å²) in [5.74, 6) is -0.680. The molecule has 0 saturated heterocycles. The van der Waals surface area contributed by atoms with E-state index in [9.17, 15) is 19.7 Å². The lowest BCUT2D eigenvalue weighted by Crippen LogP contribution is -2.21. The molecule has 2 rings (SSSR count). The Labute approximate surface area is 159 Å². The summed E-state index contributed by atoms with van der Waals surface area (Å²) >= 11 is 1.29. The summed E-state index contributed by atoms with van der Waals surface area (Å²) < 4.78 is 4.94. The van der Waals surface area contributed by atoms with Crippen LogP contribution in [0.4, 0.5) is 16.5 Å². The van der Waals surface area contributed by atoms with E-state index in [1.165, 1.54) is 35.6 Å². The second-order valence-corrected chi connectivity index (χ2v) is 6.93. The van der Waals surface area contributed by atoms with Crippen molar-refractivity contribution in [2.75, 3.05) is 23.8 Å². The predicted molar refractivity (Wildman–Crippen MR) is 102 cm³/mol. The van der Waals surface area contributed by atoms with Crippen LogP contribution in [0, 0.1) is 16.0 Å². The monoisotopic (exact) mass is 392 g/mol. The van der Waals surface area contributed by atoms with E-state index in [2.05, 4.69) is 29.5 Å². The number of thiazole rings is 1. The van der Waals surface area contributed by atoms with Gasteiger partial charge in [-0.3, -0.25) is 14.9 Å². The fourth-order valence-electron chi connectivity index (χ4n) is 1.99. The number of amides is 1. The van der Waals surface area contributed by atoms with E-state index in [4.69, 9.17) is 4.74 Å². The first-order valence-corrected chi connectivity index (χ1v) is 9.14. The van der Waals surface area contributed by atoms with Gasteiger partial charge >= 0.3 is 5.97 Å². The van der Waals surface area contributed by atoms with Crippen LogP contribution in [0.15, 0.2) is 29.6 Å². The highest BCUT2D eigenvalue weighted by molar-refractivity contribution is 7.13. The molecule has 0 bridgehead atoms. The van der Waals surface area contributed by atoms with Crippen molar-refractivity contribution in [2.24, 2.45) is 5.92 Å². The van der Waals surface area contributed by atoms with Crippen molar-refractivity contribution in [1.82, 2.24) is 4.98 Å². The van der Waals surface area contributed by atoms with Crippen LogP contribution in [0.5, 0.6) is 0 Å². The molecule has 1 aromatic carbocycles. The number of aromatic nitrogens is 1. The van der Waals surface area contributed by atoms with Crippen molar-refractivity contribution >= 4 is 39.7 Å². The summed E-state index contributed by atoms with van der Waals surface area (Å²) in [4.78, 5) is 38.0. The molecule has 0 aliphatic heterocycles. The molecule has 0 saturated carbocycles. The third-order valence-corrected chi connectivity index (χ3v) is 4.21. The van der Waals surface area contributed by atoms with Gasteiger partial charge in [0.1, 0.15) is 0 Å². The number of esters is 1. The van der Waals surface area contributed by atoms with Gasteiger partial charge in [0, 0.05) is 29.7 Å². The maximum Gasteiger partial charge on any atom is 0.358 e. The van der Waals surface area contributed by atoms with Gasteiger partial charge in [0.05, 0.1) is 4.92 Å². The number of non-ortho nitro benzene ring substituents is 1. The molecule has 2 N–H and O–H groups in total. The number of benzene rings is 1. The van der Waals surface area contributed by atoms with Gasteiger partial charge in [0.25, 0.3) is 11.6 Å². The molecule has 0 radical (unpaired) electrons. The Hall–Kier alpha value is -3.01. The fraction of sp³-hybridized carbons (Fsp3) is 0.353. The van der Waals surface area contributed by atoms with E-state index >= 15 is 0 Å². The second kappa shape index (κ2) is 9.62. The summed E-state index contributed by atoms with van der Waals surface area (Å²) in [6, 6.07) is 5.33. The average molecular weight is 392 g/mol. The summed E-state index contributed by atoms with van der Waals surface area (Å²) in [6.07, 6.45) is 0.988. The van der Waals surface area contributed by atoms with Crippen molar-refractivity contribution in [3.05, 3.63) is 45.5 Å². The van der Waals surface area contributed by atoms with Crippen molar-refractivity contribution in [3.63, 3.8) is 0 Å². The van der Waals surface area contributed by atoms with Crippen LogP contribution in [0.25, 0.3) is 0 Å². The molecule has 0 fully saturated rings. The van der Waals surface area contributed by atoms with Crippen molar-refractivity contribution < 1.29 is 19.2 Å². The lowest BCUT2D eigenvalue weighted by molar-refractivity contribution is -0.384. The lowest BCUT2D eigenvalue weighted by Gasteiger charge is -2.06. The van der Waals surface area contributed by atoms with Crippen LogP contribution in [-0.2, 0) is 9.53 Å². The standard InChI is InChI=1S/C17H20N4O5S/c1-11(2)7-8-18-17-20-14(10-27-17)16(23)26-9-15(22)19-12-3-5-13(6-4-12)21(24)25/h3-6,10-11H,7-9H2,1-2H3,(H,18,20)(H,19,22). The summed E-state index contributed by atoms with van der Waals surface area (Å²) in [7, 11) is 0. The number of carbonyl (C=O) groups is 2. The average Bonchev–Trinajstić information content (AvgIpc) is 3.09. The molecule has 9 nitrogen and oxygen atoms in total. The predicted octanol–water partition coefficient (Wildman–Crippen LogP) is 3.30.